The summed E-state index contributed by atoms with van der Waals surface area (Å²) in [5, 5.41) is 10.6. The van der Waals surface area contributed by atoms with Crippen LogP contribution in [0.15, 0.2) is 18.2 Å². The topological polar surface area (TPSA) is 46.2 Å². The predicted molar refractivity (Wildman–Crippen MR) is 71.1 cm³/mol. The van der Waals surface area contributed by atoms with Crippen LogP contribution in [-0.4, -0.2) is 11.7 Å². The summed E-state index contributed by atoms with van der Waals surface area (Å²) in [5.41, 5.74) is 8.60. The van der Waals surface area contributed by atoms with Crippen LogP contribution < -0.4 is 5.73 Å². The SMILES string of the molecule is CC1CC(O)(CN)c2cc(C(C)(C)C)ccc21. The molecule has 1 aliphatic rings. The van der Waals surface area contributed by atoms with Crippen molar-refractivity contribution < 1.29 is 5.11 Å². The number of hydrogen-bond donors (Lipinski definition) is 2. The molecule has 2 nitrogen and oxygen atoms in total. The minimum Gasteiger partial charge on any atom is -0.384 e. The Hall–Kier alpha value is -0.860. The van der Waals surface area contributed by atoms with Gasteiger partial charge in [-0.15, -0.1) is 0 Å². The monoisotopic (exact) mass is 233 g/mol. The van der Waals surface area contributed by atoms with E-state index in [1.165, 1.54) is 11.1 Å². The van der Waals surface area contributed by atoms with Crippen LogP contribution in [-0.2, 0) is 11.0 Å². The first-order valence-corrected chi connectivity index (χ1v) is 6.35. The fraction of sp³-hybridized carbons (Fsp3) is 0.600. The fourth-order valence-electron chi connectivity index (χ4n) is 2.78. The molecule has 0 amide bonds. The van der Waals surface area contributed by atoms with Crippen LogP contribution in [0.5, 0.6) is 0 Å². The second-order valence-electron chi connectivity index (χ2n) is 6.39. The van der Waals surface area contributed by atoms with Gasteiger partial charge in [-0.2, -0.15) is 0 Å². The van der Waals surface area contributed by atoms with Crippen LogP contribution in [0, 0.1) is 0 Å². The maximum atomic E-state index is 10.6. The van der Waals surface area contributed by atoms with Crippen LogP contribution in [0.3, 0.4) is 0 Å². The van der Waals surface area contributed by atoms with E-state index in [4.69, 9.17) is 5.73 Å². The molecule has 0 fully saturated rings. The average molecular weight is 233 g/mol. The molecular weight excluding hydrogens is 210 g/mol. The van der Waals surface area contributed by atoms with Gasteiger partial charge in [-0.25, -0.2) is 0 Å². The lowest BCUT2D eigenvalue weighted by Crippen LogP contribution is -2.32. The van der Waals surface area contributed by atoms with E-state index >= 15 is 0 Å². The Kier molecular flexibility index (Phi) is 2.83. The molecule has 1 aromatic carbocycles. The molecule has 0 bridgehead atoms. The standard InChI is InChI=1S/C15H23NO/c1-10-8-15(17,9-16)13-7-11(14(2,3)4)5-6-12(10)13/h5-7,10,17H,8-9,16H2,1-4H3. The third-order valence-corrected chi connectivity index (χ3v) is 3.93. The summed E-state index contributed by atoms with van der Waals surface area (Å²) < 4.78 is 0. The number of rotatable bonds is 1. The summed E-state index contributed by atoms with van der Waals surface area (Å²) in [7, 11) is 0. The van der Waals surface area contributed by atoms with Gasteiger partial charge in [0.05, 0.1) is 0 Å². The minimum atomic E-state index is -0.823. The highest BCUT2D eigenvalue weighted by Crippen LogP contribution is 2.45. The molecule has 0 aromatic heterocycles. The lowest BCUT2D eigenvalue weighted by molar-refractivity contribution is 0.0439. The van der Waals surface area contributed by atoms with Crippen molar-refractivity contribution in [3.05, 3.63) is 34.9 Å². The highest BCUT2D eigenvalue weighted by molar-refractivity contribution is 5.44. The van der Waals surface area contributed by atoms with Gasteiger partial charge in [-0.05, 0) is 34.4 Å². The van der Waals surface area contributed by atoms with Crippen molar-refractivity contribution in [2.24, 2.45) is 5.73 Å². The van der Waals surface area contributed by atoms with E-state index in [9.17, 15) is 5.11 Å². The van der Waals surface area contributed by atoms with Crippen LogP contribution in [0.1, 0.15) is 56.7 Å². The number of benzene rings is 1. The number of hydrogen-bond acceptors (Lipinski definition) is 2. The van der Waals surface area contributed by atoms with Crippen molar-refractivity contribution in [3.63, 3.8) is 0 Å². The Morgan fingerprint density at radius 1 is 1.41 bits per heavy atom. The van der Waals surface area contributed by atoms with Crippen LogP contribution in [0.2, 0.25) is 0 Å². The molecule has 0 radical (unpaired) electrons. The first-order valence-electron chi connectivity index (χ1n) is 6.35. The Bertz CT molecular complexity index is 433. The summed E-state index contributed by atoms with van der Waals surface area (Å²) in [6.07, 6.45) is 0.742. The predicted octanol–water partition coefficient (Wildman–Crippen LogP) is 2.64. The molecule has 17 heavy (non-hydrogen) atoms. The molecule has 2 heteroatoms. The second kappa shape index (κ2) is 3.82. The number of aliphatic hydroxyl groups is 1. The van der Waals surface area contributed by atoms with Crippen LogP contribution in [0.4, 0.5) is 0 Å². The molecule has 2 atom stereocenters. The lowest BCUT2D eigenvalue weighted by atomic mass is 9.83. The van der Waals surface area contributed by atoms with E-state index in [-0.39, 0.29) is 5.41 Å². The molecule has 0 spiro atoms. The van der Waals surface area contributed by atoms with Crippen molar-refractivity contribution in [1.82, 2.24) is 0 Å². The van der Waals surface area contributed by atoms with E-state index in [1.54, 1.807) is 0 Å². The van der Waals surface area contributed by atoms with E-state index in [0.29, 0.717) is 12.5 Å². The number of nitrogens with two attached hydrogens (primary N) is 1. The van der Waals surface area contributed by atoms with E-state index in [2.05, 4.69) is 45.9 Å². The van der Waals surface area contributed by atoms with Crippen LogP contribution >= 0.6 is 0 Å². The Morgan fingerprint density at radius 2 is 2.06 bits per heavy atom. The highest BCUT2D eigenvalue weighted by atomic mass is 16.3. The summed E-state index contributed by atoms with van der Waals surface area (Å²) in [6, 6.07) is 6.48. The third kappa shape index (κ3) is 2.00. The maximum absolute atomic E-state index is 10.6. The molecule has 94 valence electrons. The Labute approximate surface area is 104 Å². The molecule has 3 N–H and O–H groups in total. The van der Waals surface area contributed by atoms with Gasteiger partial charge in [0.25, 0.3) is 0 Å². The summed E-state index contributed by atoms with van der Waals surface area (Å²) in [4.78, 5) is 0. The summed E-state index contributed by atoms with van der Waals surface area (Å²) in [6.45, 7) is 9.03. The zero-order chi connectivity index (χ0) is 12.8. The van der Waals surface area contributed by atoms with E-state index in [0.717, 1.165) is 12.0 Å². The molecule has 1 aliphatic carbocycles. The Morgan fingerprint density at radius 3 is 2.59 bits per heavy atom. The van der Waals surface area contributed by atoms with Gasteiger partial charge in [0.15, 0.2) is 0 Å². The first kappa shape index (κ1) is 12.6. The van der Waals surface area contributed by atoms with Crippen molar-refractivity contribution in [1.29, 1.82) is 0 Å². The van der Waals surface area contributed by atoms with Gasteiger partial charge in [0.2, 0.25) is 0 Å². The van der Waals surface area contributed by atoms with Gasteiger partial charge in [-0.1, -0.05) is 45.9 Å². The van der Waals surface area contributed by atoms with Gasteiger partial charge in [-0.3, -0.25) is 0 Å². The zero-order valence-electron chi connectivity index (χ0n) is 11.2. The quantitative estimate of drug-likeness (QED) is 0.783. The lowest BCUT2D eigenvalue weighted by Gasteiger charge is -2.25. The van der Waals surface area contributed by atoms with Crippen molar-refractivity contribution in [2.45, 2.75) is 51.0 Å². The Balaban J connectivity index is 2.55. The molecule has 0 saturated heterocycles. The largest absolute Gasteiger partial charge is 0.384 e. The molecular formula is C15H23NO. The minimum absolute atomic E-state index is 0.108. The normalized spacial score (nSPS) is 28.2. The molecule has 1 aromatic rings. The van der Waals surface area contributed by atoms with Gasteiger partial charge >= 0.3 is 0 Å². The van der Waals surface area contributed by atoms with Crippen LogP contribution in [0.25, 0.3) is 0 Å². The molecule has 0 saturated carbocycles. The molecule has 0 heterocycles. The zero-order valence-corrected chi connectivity index (χ0v) is 11.2. The molecule has 2 rings (SSSR count). The van der Waals surface area contributed by atoms with Gasteiger partial charge < -0.3 is 10.8 Å². The number of fused-ring (bicyclic) bond motifs is 1. The second-order valence-corrected chi connectivity index (χ2v) is 6.39. The molecule has 2 unspecified atom stereocenters. The average Bonchev–Trinajstić information content (AvgIpc) is 2.51. The summed E-state index contributed by atoms with van der Waals surface area (Å²) in [5.74, 6) is 0.396. The van der Waals surface area contributed by atoms with E-state index < -0.39 is 5.60 Å². The van der Waals surface area contributed by atoms with E-state index in [1.807, 2.05) is 0 Å². The van der Waals surface area contributed by atoms with Crippen molar-refractivity contribution >= 4 is 0 Å². The first-order chi connectivity index (χ1) is 7.78. The van der Waals surface area contributed by atoms with Gasteiger partial charge in [0.1, 0.15) is 5.60 Å². The smallest absolute Gasteiger partial charge is 0.103 e. The fourth-order valence-corrected chi connectivity index (χ4v) is 2.78. The maximum Gasteiger partial charge on any atom is 0.103 e. The highest BCUT2D eigenvalue weighted by Gasteiger charge is 2.40. The van der Waals surface area contributed by atoms with Gasteiger partial charge in [0, 0.05) is 6.54 Å². The van der Waals surface area contributed by atoms with Crippen molar-refractivity contribution in [3.8, 4) is 0 Å². The molecule has 0 aliphatic heterocycles. The van der Waals surface area contributed by atoms with Crippen molar-refractivity contribution in [2.75, 3.05) is 6.54 Å². The summed E-state index contributed by atoms with van der Waals surface area (Å²) >= 11 is 0. The third-order valence-electron chi connectivity index (χ3n) is 3.93.